The molecule has 3 saturated heterocycles. The summed E-state index contributed by atoms with van der Waals surface area (Å²) in [6, 6.07) is 0. The Labute approximate surface area is 134 Å². The molecular weight excluding hydrogens is 276 g/mol. The lowest BCUT2D eigenvalue weighted by atomic mass is 9.88. The Bertz CT molecular complexity index is 378. The molecule has 3 aliphatic rings. The number of hydrogen-bond donors (Lipinski definition) is 1. The van der Waals surface area contributed by atoms with Gasteiger partial charge in [-0.1, -0.05) is 6.92 Å². The van der Waals surface area contributed by atoms with Gasteiger partial charge in [-0.15, -0.1) is 0 Å². The molecular formula is C17H32N4O. The average molecular weight is 308 g/mol. The van der Waals surface area contributed by atoms with Crippen LogP contribution in [0.5, 0.6) is 0 Å². The van der Waals surface area contributed by atoms with Crippen LogP contribution >= 0.6 is 0 Å². The van der Waals surface area contributed by atoms with E-state index in [0.717, 1.165) is 57.6 Å². The standard InChI is InChI=1S/C17H32N4O/c1-15-4-10-20(11-5-15)16(18)19-14-17(6-12-22-13-7-17)21-8-2-3-9-21/h15H,2-14H2,1H3,(H2,18,19). The van der Waals surface area contributed by atoms with Gasteiger partial charge in [-0.05, 0) is 57.5 Å². The predicted molar refractivity (Wildman–Crippen MR) is 90.1 cm³/mol. The number of likely N-dealkylation sites (tertiary alicyclic amines) is 2. The number of guanidine groups is 1. The average Bonchev–Trinajstić information content (AvgIpc) is 3.09. The fourth-order valence-electron chi connectivity index (χ4n) is 4.08. The molecule has 22 heavy (non-hydrogen) atoms. The van der Waals surface area contributed by atoms with Crippen molar-refractivity contribution in [2.75, 3.05) is 45.9 Å². The molecule has 3 aliphatic heterocycles. The number of aliphatic imine (C=N–C) groups is 1. The first-order chi connectivity index (χ1) is 10.7. The highest BCUT2D eigenvalue weighted by molar-refractivity contribution is 5.78. The monoisotopic (exact) mass is 308 g/mol. The SMILES string of the molecule is CC1CCN(C(N)=NCC2(N3CCCC3)CCOCC2)CC1. The first-order valence-electron chi connectivity index (χ1n) is 9.07. The summed E-state index contributed by atoms with van der Waals surface area (Å²) in [6.07, 6.45) is 7.32. The fourth-order valence-corrected chi connectivity index (χ4v) is 4.08. The Hall–Kier alpha value is -0.810. The molecule has 0 atom stereocenters. The zero-order valence-electron chi connectivity index (χ0n) is 14.1. The van der Waals surface area contributed by atoms with Gasteiger partial charge in [-0.25, -0.2) is 0 Å². The summed E-state index contributed by atoms with van der Waals surface area (Å²) in [5, 5.41) is 0. The van der Waals surface area contributed by atoms with Crippen LogP contribution in [0.2, 0.25) is 0 Å². The summed E-state index contributed by atoms with van der Waals surface area (Å²) in [7, 11) is 0. The van der Waals surface area contributed by atoms with E-state index in [0.29, 0.717) is 0 Å². The van der Waals surface area contributed by atoms with Gasteiger partial charge in [0.15, 0.2) is 5.96 Å². The van der Waals surface area contributed by atoms with E-state index >= 15 is 0 Å². The molecule has 0 aromatic heterocycles. The van der Waals surface area contributed by atoms with E-state index < -0.39 is 0 Å². The van der Waals surface area contributed by atoms with E-state index in [1.807, 2.05) is 0 Å². The zero-order chi connectivity index (χ0) is 15.4. The molecule has 126 valence electrons. The Morgan fingerprint density at radius 2 is 1.77 bits per heavy atom. The largest absolute Gasteiger partial charge is 0.381 e. The molecule has 0 aromatic carbocycles. The Kier molecular flexibility index (Phi) is 5.24. The van der Waals surface area contributed by atoms with Gasteiger partial charge in [0.05, 0.1) is 6.54 Å². The van der Waals surface area contributed by atoms with Crippen molar-refractivity contribution in [3.8, 4) is 0 Å². The Morgan fingerprint density at radius 1 is 1.14 bits per heavy atom. The van der Waals surface area contributed by atoms with Crippen LogP contribution in [0.3, 0.4) is 0 Å². The van der Waals surface area contributed by atoms with Crippen molar-refractivity contribution < 1.29 is 4.74 Å². The van der Waals surface area contributed by atoms with Gasteiger partial charge in [-0.3, -0.25) is 9.89 Å². The summed E-state index contributed by atoms with van der Waals surface area (Å²) in [4.78, 5) is 9.77. The molecule has 3 fully saturated rings. The molecule has 0 aliphatic carbocycles. The number of hydrogen-bond acceptors (Lipinski definition) is 3. The first kappa shape index (κ1) is 16.1. The zero-order valence-corrected chi connectivity index (χ0v) is 14.1. The third-order valence-electron chi connectivity index (χ3n) is 5.84. The molecule has 0 amide bonds. The van der Waals surface area contributed by atoms with E-state index in [9.17, 15) is 0 Å². The number of piperidine rings is 1. The molecule has 0 saturated carbocycles. The van der Waals surface area contributed by atoms with E-state index in [1.54, 1.807) is 0 Å². The van der Waals surface area contributed by atoms with Crippen LogP contribution in [-0.4, -0.2) is 67.2 Å². The second-order valence-electron chi connectivity index (χ2n) is 7.37. The van der Waals surface area contributed by atoms with Crippen LogP contribution in [0, 0.1) is 5.92 Å². The van der Waals surface area contributed by atoms with Crippen LogP contribution in [0.15, 0.2) is 4.99 Å². The summed E-state index contributed by atoms with van der Waals surface area (Å²) in [5.41, 5.74) is 6.49. The van der Waals surface area contributed by atoms with Gasteiger partial charge in [0.2, 0.25) is 0 Å². The summed E-state index contributed by atoms with van der Waals surface area (Å²) in [5.74, 6) is 1.59. The maximum absolute atomic E-state index is 6.29. The van der Waals surface area contributed by atoms with E-state index in [2.05, 4.69) is 16.7 Å². The Balaban J connectivity index is 1.63. The molecule has 0 radical (unpaired) electrons. The molecule has 5 heteroatoms. The second kappa shape index (κ2) is 7.18. The number of rotatable bonds is 3. The van der Waals surface area contributed by atoms with E-state index in [4.69, 9.17) is 15.5 Å². The Morgan fingerprint density at radius 3 is 2.41 bits per heavy atom. The van der Waals surface area contributed by atoms with Crippen LogP contribution in [0.1, 0.15) is 45.4 Å². The smallest absolute Gasteiger partial charge is 0.191 e. The normalized spacial score (nSPS) is 28.2. The predicted octanol–water partition coefficient (Wildman–Crippen LogP) is 1.68. The van der Waals surface area contributed by atoms with Crippen molar-refractivity contribution in [3.63, 3.8) is 0 Å². The topological polar surface area (TPSA) is 54.1 Å². The minimum absolute atomic E-state index is 0.197. The van der Waals surface area contributed by atoms with Crippen molar-refractivity contribution >= 4 is 5.96 Å². The molecule has 2 N–H and O–H groups in total. The quantitative estimate of drug-likeness (QED) is 0.636. The molecule has 5 nitrogen and oxygen atoms in total. The number of nitrogens with zero attached hydrogens (tertiary/aromatic N) is 3. The number of ether oxygens (including phenoxy) is 1. The molecule has 0 bridgehead atoms. The maximum Gasteiger partial charge on any atom is 0.191 e. The van der Waals surface area contributed by atoms with Gasteiger partial charge < -0.3 is 15.4 Å². The third kappa shape index (κ3) is 3.57. The molecule has 0 aromatic rings. The van der Waals surface area contributed by atoms with Gasteiger partial charge in [-0.2, -0.15) is 0 Å². The summed E-state index contributed by atoms with van der Waals surface area (Å²) in [6.45, 7) is 9.48. The highest BCUT2D eigenvalue weighted by Crippen LogP contribution is 2.31. The third-order valence-corrected chi connectivity index (χ3v) is 5.84. The fraction of sp³-hybridized carbons (Fsp3) is 0.941. The second-order valence-corrected chi connectivity index (χ2v) is 7.37. The lowest BCUT2D eigenvalue weighted by molar-refractivity contribution is -0.0139. The van der Waals surface area contributed by atoms with Crippen LogP contribution in [0.4, 0.5) is 0 Å². The van der Waals surface area contributed by atoms with Crippen molar-refractivity contribution in [1.29, 1.82) is 0 Å². The lowest BCUT2D eigenvalue weighted by Crippen LogP contribution is -2.54. The molecule has 3 rings (SSSR count). The van der Waals surface area contributed by atoms with Gasteiger partial charge in [0.25, 0.3) is 0 Å². The van der Waals surface area contributed by atoms with Crippen LogP contribution in [0.25, 0.3) is 0 Å². The molecule has 0 unspecified atom stereocenters. The minimum atomic E-state index is 0.197. The highest BCUT2D eigenvalue weighted by atomic mass is 16.5. The van der Waals surface area contributed by atoms with Crippen molar-refractivity contribution in [1.82, 2.24) is 9.80 Å². The number of nitrogens with two attached hydrogens (primary N) is 1. The maximum atomic E-state index is 6.29. The lowest BCUT2D eigenvalue weighted by Gasteiger charge is -2.44. The van der Waals surface area contributed by atoms with E-state index in [1.165, 1.54) is 38.8 Å². The first-order valence-corrected chi connectivity index (χ1v) is 9.07. The van der Waals surface area contributed by atoms with Gasteiger partial charge >= 0.3 is 0 Å². The van der Waals surface area contributed by atoms with Gasteiger partial charge in [0, 0.05) is 31.8 Å². The molecule has 3 heterocycles. The van der Waals surface area contributed by atoms with Crippen molar-refractivity contribution in [2.24, 2.45) is 16.6 Å². The minimum Gasteiger partial charge on any atom is -0.381 e. The summed E-state index contributed by atoms with van der Waals surface area (Å²) < 4.78 is 5.60. The summed E-state index contributed by atoms with van der Waals surface area (Å²) >= 11 is 0. The van der Waals surface area contributed by atoms with Gasteiger partial charge in [0.1, 0.15) is 0 Å². The van der Waals surface area contributed by atoms with Crippen LogP contribution in [-0.2, 0) is 4.74 Å². The highest BCUT2D eigenvalue weighted by Gasteiger charge is 2.39. The van der Waals surface area contributed by atoms with Crippen molar-refractivity contribution in [2.45, 2.75) is 51.0 Å². The van der Waals surface area contributed by atoms with E-state index in [-0.39, 0.29) is 5.54 Å². The molecule has 0 spiro atoms. The van der Waals surface area contributed by atoms with Crippen LogP contribution < -0.4 is 5.73 Å². The van der Waals surface area contributed by atoms with Crippen molar-refractivity contribution in [3.05, 3.63) is 0 Å².